The number of anilines is 2. The van der Waals surface area contributed by atoms with Crippen molar-refractivity contribution in [3.05, 3.63) is 83.9 Å². The Morgan fingerprint density at radius 2 is 1.86 bits per heavy atom. The number of fused-ring (bicyclic) bond motifs is 1. The highest BCUT2D eigenvalue weighted by Crippen LogP contribution is 2.38. The molecule has 0 bridgehead atoms. The topological polar surface area (TPSA) is 90.6 Å². The van der Waals surface area contributed by atoms with Gasteiger partial charge in [-0.05, 0) is 42.8 Å². The first-order valence-electron chi connectivity index (χ1n) is 10.5. The summed E-state index contributed by atoms with van der Waals surface area (Å²) in [5.41, 5.74) is 2.15. The minimum atomic E-state index is -0.932. The van der Waals surface area contributed by atoms with Gasteiger partial charge in [0.1, 0.15) is 28.7 Å². The van der Waals surface area contributed by atoms with Gasteiger partial charge in [0, 0.05) is 31.2 Å². The maximum atomic E-state index is 14.6. The molecule has 0 saturated heterocycles. The number of hydrogen-bond donors (Lipinski definition) is 1. The molecule has 0 aliphatic rings. The normalized spacial score (nSPS) is 12.0. The van der Waals surface area contributed by atoms with Crippen LogP contribution in [0.1, 0.15) is 18.9 Å². The lowest BCUT2D eigenvalue weighted by Crippen LogP contribution is -2.08. The quantitative estimate of drug-likeness (QED) is 0.306. The van der Waals surface area contributed by atoms with Gasteiger partial charge in [-0.25, -0.2) is 28.7 Å². The van der Waals surface area contributed by atoms with Gasteiger partial charge in [0.2, 0.25) is 0 Å². The van der Waals surface area contributed by atoms with E-state index >= 15 is 0 Å². The average Bonchev–Trinajstić information content (AvgIpc) is 3.31. The molecule has 35 heavy (non-hydrogen) atoms. The molecule has 0 saturated carbocycles. The molecule has 1 N–H and O–H groups in total. The first-order chi connectivity index (χ1) is 16.9. The SMILES string of the molecule is C[C@H](Oc1cc(-c2cnn(C)c2)cc2ncnc(Nc3ccc(F)c(Cl)c3F)c12)c1ncccn1. The molecule has 0 unspecified atom stereocenters. The van der Waals surface area contributed by atoms with E-state index in [9.17, 15) is 8.78 Å². The van der Waals surface area contributed by atoms with Crippen LogP contribution in [0.5, 0.6) is 5.75 Å². The van der Waals surface area contributed by atoms with Crippen LogP contribution in [0, 0.1) is 11.6 Å². The summed E-state index contributed by atoms with van der Waals surface area (Å²) in [7, 11) is 1.82. The second-order valence-corrected chi connectivity index (χ2v) is 8.09. The van der Waals surface area contributed by atoms with Crippen molar-refractivity contribution in [2.45, 2.75) is 13.0 Å². The smallest absolute Gasteiger partial charge is 0.168 e. The molecule has 8 nitrogen and oxygen atoms in total. The van der Waals surface area contributed by atoms with Crippen LogP contribution < -0.4 is 10.1 Å². The van der Waals surface area contributed by atoms with Crippen LogP contribution in [-0.4, -0.2) is 29.7 Å². The molecule has 1 atom stereocenters. The van der Waals surface area contributed by atoms with E-state index in [0.717, 1.165) is 17.2 Å². The van der Waals surface area contributed by atoms with Crippen molar-refractivity contribution < 1.29 is 13.5 Å². The molecule has 0 aliphatic heterocycles. The number of aryl methyl sites for hydroxylation is 1. The second kappa shape index (κ2) is 9.22. The van der Waals surface area contributed by atoms with Crippen LogP contribution in [-0.2, 0) is 7.05 Å². The molecule has 3 heterocycles. The van der Waals surface area contributed by atoms with Gasteiger partial charge in [-0.1, -0.05) is 11.6 Å². The minimum absolute atomic E-state index is 0.0434. The maximum absolute atomic E-state index is 14.6. The lowest BCUT2D eigenvalue weighted by atomic mass is 10.1. The summed E-state index contributed by atoms with van der Waals surface area (Å²) in [6.45, 7) is 1.81. The van der Waals surface area contributed by atoms with E-state index in [1.54, 1.807) is 29.3 Å². The van der Waals surface area contributed by atoms with Crippen molar-refractivity contribution in [3.63, 3.8) is 0 Å². The van der Waals surface area contributed by atoms with Crippen molar-refractivity contribution >= 4 is 34.0 Å². The molecule has 5 aromatic rings. The number of halogens is 3. The van der Waals surface area contributed by atoms with Gasteiger partial charge >= 0.3 is 0 Å². The molecule has 176 valence electrons. The Morgan fingerprint density at radius 1 is 1.06 bits per heavy atom. The third-order valence-electron chi connectivity index (χ3n) is 5.28. The molecule has 0 radical (unpaired) electrons. The predicted molar refractivity (Wildman–Crippen MR) is 127 cm³/mol. The maximum Gasteiger partial charge on any atom is 0.168 e. The van der Waals surface area contributed by atoms with Crippen molar-refractivity contribution in [1.82, 2.24) is 29.7 Å². The van der Waals surface area contributed by atoms with E-state index in [-0.39, 0.29) is 11.5 Å². The number of ether oxygens (including phenoxy) is 1. The fourth-order valence-corrected chi connectivity index (χ4v) is 3.76. The highest BCUT2D eigenvalue weighted by Gasteiger charge is 2.20. The van der Waals surface area contributed by atoms with Crippen molar-refractivity contribution in [2.75, 3.05) is 5.32 Å². The van der Waals surface area contributed by atoms with Crippen LogP contribution in [0.3, 0.4) is 0 Å². The minimum Gasteiger partial charge on any atom is -0.482 e. The van der Waals surface area contributed by atoms with Crippen LogP contribution in [0.15, 0.2) is 61.4 Å². The summed E-state index contributed by atoms with van der Waals surface area (Å²) >= 11 is 5.76. The Hall–Kier alpha value is -4.18. The van der Waals surface area contributed by atoms with Crippen molar-refractivity contribution in [3.8, 4) is 16.9 Å². The Morgan fingerprint density at radius 3 is 2.60 bits per heavy atom. The molecule has 3 aromatic heterocycles. The Balaban J connectivity index is 1.65. The molecule has 2 aromatic carbocycles. The second-order valence-electron chi connectivity index (χ2n) is 7.71. The monoisotopic (exact) mass is 493 g/mol. The van der Waals surface area contributed by atoms with Crippen molar-refractivity contribution in [2.24, 2.45) is 7.05 Å². The molecule has 0 amide bonds. The summed E-state index contributed by atoms with van der Waals surface area (Å²) in [5.74, 6) is -0.637. The van der Waals surface area contributed by atoms with E-state index in [1.807, 2.05) is 32.3 Å². The van der Waals surface area contributed by atoms with Crippen LogP contribution in [0.4, 0.5) is 20.3 Å². The predicted octanol–water partition coefficient (Wildman–Crippen LogP) is 5.64. The fourth-order valence-electron chi connectivity index (χ4n) is 3.59. The number of nitrogens with one attached hydrogen (secondary N) is 1. The lowest BCUT2D eigenvalue weighted by Gasteiger charge is -2.18. The van der Waals surface area contributed by atoms with Crippen LogP contribution >= 0.6 is 11.6 Å². The molecule has 0 aliphatic carbocycles. The standard InChI is InChI=1S/C24H18ClF2N7O/c1-13(23-28-6-3-7-29-23)35-19-9-14(15-10-32-34(2)11-15)8-18-20(19)24(31-12-30-18)33-17-5-4-16(26)21(25)22(17)27/h3-13H,1-2H3,(H,30,31,33)/t13-/m0/s1. The Bertz CT molecular complexity index is 1530. The number of benzene rings is 2. The molecular weight excluding hydrogens is 476 g/mol. The fraction of sp³-hybridized carbons (Fsp3) is 0.125. The van der Waals surface area contributed by atoms with E-state index in [2.05, 4.69) is 30.4 Å². The molecule has 0 spiro atoms. The third-order valence-corrected chi connectivity index (χ3v) is 5.63. The van der Waals surface area contributed by atoms with E-state index < -0.39 is 22.8 Å². The first kappa shape index (κ1) is 22.6. The van der Waals surface area contributed by atoms with Gasteiger partial charge in [-0.2, -0.15) is 5.10 Å². The highest BCUT2D eigenvalue weighted by molar-refractivity contribution is 6.31. The van der Waals surface area contributed by atoms with Gasteiger partial charge in [0.05, 0.1) is 22.8 Å². The summed E-state index contributed by atoms with van der Waals surface area (Å²) in [4.78, 5) is 17.2. The number of rotatable bonds is 6. The third kappa shape index (κ3) is 4.47. The van der Waals surface area contributed by atoms with Gasteiger partial charge in [0.15, 0.2) is 17.7 Å². The van der Waals surface area contributed by atoms with Gasteiger partial charge in [-0.15, -0.1) is 0 Å². The molecule has 0 fully saturated rings. The zero-order chi connectivity index (χ0) is 24.5. The van der Waals surface area contributed by atoms with Crippen molar-refractivity contribution in [1.29, 1.82) is 0 Å². The molecular formula is C24H18ClF2N7O. The largest absolute Gasteiger partial charge is 0.482 e. The Labute approximate surface area is 203 Å². The zero-order valence-electron chi connectivity index (χ0n) is 18.6. The zero-order valence-corrected chi connectivity index (χ0v) is 19.3. The molecule has 11 heteroatoms. The van der Waals surface area contributed by atoms with Gasteiger partial charge in [0.25, 0.3) is 0 Å². The lowest BCUT2D eigenvalue weighted by molar-refractivity contribution is 0.219. The van der Waals surface area contributed by atoms with E-state index in [0.29, 0.717) is 22.5 Å². The Kier molecular flexibility index (Phi) is 5.96. The van der Waals surface area contributed by atoms with Crippen LogP contribution in [0.2, 0.25) is 5.02 Å². The average molecular weight is 494 g/mol. The van der Waals surface area contributed by atoms with Gasteiger partial charge < -0.3 is 10.1 Å². The number of hydrogen-bond acceptors (Lipinski definition) is 7. The number of aromatic nitrogens is 6. The summed E-state index contributed by atoms with van der Waals surface area (Å²) in [5, 5.41) is 7.01. The number of nitrogens with zero attached hydrogens (tertiary/aromatic N) is 6. The summed E-state index contributed by atoms with van der Waals surface area (Å²) < 4.78 is 36.3. The van der Waals surface area contributed by atoms with Crippen LogP contribution in [0.25, 0.3) is 22.0 Å². The summed E-state index contributed by atoms with van der Waals surface area (Å²) in [6.07, 6.45) is 7.67. The first-order valence-corrected chi connectivity index (χ1v) is 10.9. The summed E-state index contributed by atoms with van der Waals surface area (Å²) in [6, 6.07) is 7.71. The molecule has 5 rings (SSSR count). The highest BCUT2D eigenvalue weighted by atomic mass is 35.5. The van der Waals surface area contributed by atoms with Gasteiger partial charge in [-0.3, -0.25) is 4.68 Å². The van der Waals surface area contributed by atoms with E-state index in [1.165, 1.54) is 12.4 Å². The van der Waals surface area contributed by atoms with E-state index in [4.69, 9.17) is 16.3 Å².